The minimum absolute atomic E-state index is 0.144. The Bertz CT molecular complexity index is 916. The van der Waals surface area contributed by atoms with Crippen LogP contribution >= 0.6 is 34.8 Å². The molecule has 0 heterocycles. The minimum Gasteiger partial charge on any atom is -0.324 e. The number of halogens is 6. The highest BCUT2D eigenvalue weighted by atomic mass is 35.5. The van der Waals surface area contributed by atoms with Gasteiger partial charge in [0.1, 0.15) is 0 Å². The molecule has 0 aliphatic carbocycles. The van der Waals surface area contributed by atoms with E-state index < -0.39 is 23.6 Å². The summed E-state index contributed by atoms with van der Waals surface area (Å²) in [5.41, 5.74) is -1.13. The number of alkyl halides is 3. The van der Waals surface area contributed by atoms with Crippen LogP contribution in [0.2, 0.25) is 15.1 Å². The van der Waals surface area contributed by atoms with Gasteiger partial charge in [-0.25, -0.2) is 0 Å². The first-order chi connectivity index (χ1) is 14.0. The molecule has 11 heteroatoms. The molecule has 0 aliphatic rings. The molecule has 0 radical (unpaired) electrons. The molecule has 0 saturated carbocycles. The average Bonchev–Trinajstić information content (AvgIpc) is 2.63. The monoisotopic (exact) mass is 481 g/mol. The molecule has 0 aromatic heterocycles. The number of nitrogens with zero attached hydrogens (tertiary/aromatic N) is 1. The van der Waals surface area contributed by atoms with E-state index in [9.17, 15) is 22.8 Å². The lowest BCUT2D eigenvalue weighted by atomic mass is 10.1. The lowest BCUT2D eigenvalue weighted by Crippen LogP contribution is -2.39. The van der Waals surface area contributed by atoms with Crippen molar-refractivity contribution in [3.05, 3.63) is 57.0 Å². The van der Waals surface area contributed by atoms with E-state index in [4.69, 9.17) is 34.8 Å². The summed E-state index contributed by atoms with van der Waals surface area (Å²) in [6, 6.07) is 7.47. The molecule has 0 atom stereocenters. The van der Waals surface area contributed by atoms with E-state index in [0.717, 1.165) is 12.1 Å². The van der Waals surface area contributed by atoms with Crippen LogP contribution in [-0.2, 0) is 15.8 Å². The van der Waals surface area contributed by atoms with Gasteiger partial charge in [-0.05, 0) is 30.8 Å². The normalized spacial score (nSPS) is 11.5. The third-order valence-electron chi connectivity index (χ3n) is 3.96. The largest absolute Gasteiger partial charge is 0.418 e. The Morgan fingerprint density at radius 2 is 1.50 bits per heavy atom. The first kappa shape index (κ1) is 24.3. The molecule has 2 rings (SSSR count). The molecule has 5 nitrogen and oxygen atoms in total. The number of hydrogen-bond donors (Lipinski definition) is 2. The summed E-state index contributed by atoms with van der Waals surface area (Å²) in [5, 5.41) is 5.37. The Kier molecular flexibility index (Phi) is 8.37. The molecule has 2 N–H and O–H groups in total. The van der Waals surface area contributed by atoms with Crippen LogP contribution in [0.5, 0.6) is 0 Å². The Hall–Kier alpha value is -2.00. The van der Waals surface area contributed by atoms with Crippen molar-refractivity contribution in [2.24, 2.45) is 0 Å². The van der Waals surface area contributed by atoms with Gasteiger partial charge in [-0.2, -0.15) is 13.2 Å². The van der Waals surface area contributed by atoms with E-state index in [1.807, 2.05) is 0 Å². The molecule has 2 aromatic rings. The molecule has 0 fully saturated rings. The van der Waals surface area contributed by atoms with Crippen LogP contribution in [0.3, 0.4) is 0 Å². The van der Waals surface area contributed by atoms with Crippen molar-refractivity contribution in [3.8, 4) is 0 Å². The van der Waals surface area contributed by atoms with Gasteiger partial charge in [-0.15, -0.1) is 0 Å². The fraction of sp³-hybridized carbons (Fsp3) is 0.263. The number of carbonyl (C=O) groups is 2. The second kappa shape index (κ2) is 10.3. The topological polar surface area (TPSA) is 61.4 Å². The maximum atomic E-state index is 13.1. The number of amides is 2. The third kappa shape index (κ3) is 6.77. The van der Waals surface area contributed by atoms with Crippen LogP contribution in [0.1, 0.15) is 12.5 Å². The van der Waals surface area contributed by atoms with Gasteiger partial charge in [0.25, 0.3) is 0 Å². The number of rotatable bonds is 7. The van der Waals surface area contributed by atoms with Gasteiger partial charge in [-0.3, -0.25) is 14.5 Å². The zero-order chi connectivity index (χ0) is 22.5. The Balaban J connectivity index is 2.01. The minimum atomic E-state index is -4.61. The standard InChI is InChI=1S/C19H17Cl3F3N3O2/c1-2-28(10-17(30)27-18-13(21)7-11(20)8-14(18)22)9-16(29)26-15-6-4-3-5-12(15)19(23,24)25/h3-8H,2,9-10H2,1H3,(H,26,29)(H,27,30). The van der Waals surface area contributed by atoms with E-state index in [1.165, 1.54) is 29.2 Å². The zero-order valence-corrected chi connectivity index (χ0v) is 17.9. The van der Waals surface area contributed by atoms with Gasteiger partial charge in [0.05, 0.1) is 40.1 Å². The smallest absolute Gasteiger partial charge is 0.324 e. The van der Waals surface area contributed by atoms with E-state index in [1.54, 1.807) is 6.92 Å². The molecule has 0 saturated heterocycles. The van der Waals surface area contributed by atoms with Gasteiger partial charge in [-0.1, -0.05) is 53.9 Å². The Morgan fingerprint density at radius 1 is 0.967 bits per heavy atom. The van der Waals surface area contributed by atoms with E-state index >= 15 is 0 Å². The van der Waals surface area contributed by atoms with Crippen LogP contribution in [-0.4, -0.2) is 36.3 Å². The fourth-order valence-corrected chi connectivity index (χ4v) is 3.47. The van der Waals surface area contributed by atoms with Crippen molar-refractivity contribution in [1.82, 2.24) is 4.90 Å². The second-order valence-electron chi connectivity index (χ2n) is 6.19. The molecule has 0 bridgehead atoms. The van der Waals surface area contributed by atoms with Gasteiger partial charge < -0.3 is 10.6 Å². The number of carbonyl (C=O) groups excluding carboxylic acids is 2. The number of para-hydroxylation sites is 1. The zero-order valence-electron chi connectivity index (χ0n) is 15.6. The number of nitrogens with one attached hydrogen (secondary N) is 2. The molecule has 0 spiro atoms. The predicted molar refractivity (Wildman–Crippen MR) is 112 cm³/mol. The number of likely N-dealkylation sites (N-methyl/N-ethyl adjacent to an activating group) is 1. The van der Waals surface area contributed by atoms with Crippen LogP contribution in [0.25, 0.3) is 0 Å². The predicted octanol–water partition coefficient (Wildman–Crippen LogP) is 5.56. The van der Waals surface area contributed by atoms with Crippen molar-refractivity contribution >= 4 is 58.0 Å². The molecular formula is C19H17Cl3F3N3O2. The highest BCUT2D eigenvalue weighted by molar-refractivity contribution is 6.42. The van der Waals surface area contributed by atoms with E-state index in [-0.39, 0.29) is 34.5 Å². The molecule has 0 aliphatic heterocycles. The summed E-state index contributed by atoms with van der Waals surface area (Å²) in [5.74, 6) is -1.20. The number of anilines is 2. The van der Waals surface area contributed by atoms with Crippen molar-refractivity contribution < 1.29 is 22.8 Å². The molecular weight excluding hydrogens is 466 g/mol. The lowest BCUT2D eigenvalue weighted by Gasteiger charge is -2.20. The maximum absolute atomic E-state index is 13.1. The van der Waals surface area contributed by atoms with Crippen LogP contribution in [0.4, 0.5) is 24.5 Å². The Labute approximate surface area is 186 Å². The maximum Gasteiger partial charge on any atom is 0.418 e. The molecule has 162 valence electrons. The summed E-state index contributed by atoms with van der Waals surface area (Å²) < 4.78 is 39.2. The molecule has 2 aromatic carbocycles. The average molecular weight is 483 g/mol. The molecule has 30 heavy (non-hydrogen) atoms. The van der Waals surface area contributed by atoms with Gasteiger partial charge in [0, 0.05) is 5.02 Å². The van der Waals surface area contributed by atoms with E-state index in [0.29, 0.717) is 11.6 Å². The summed E-state index contributed by atoms with van der Waals surface area (Å²) >= 11 is 17.9. The Morgan fingerprint density at radius 3 is 2.03 bits per heavy atom. The third-order valence-corrected chi connectivity index (χ3v) is 4.77. The van der Waals surface area contributed by atoms with Gasteiger partial charge >= 0.3 is 6.18 Å². The number of benzene rings is 2. The second-order valence-corrected chi connectivity index (χ2v) is 7.44. The van der Waals surface area contributed by atoms with Crippen molar-refractivity contribution in [3.63, 3.8) is 0 Å². The summed E-state index contributed by atoms with van der Waals surface area (Å²) in [6.07, 6.45) is -4.61. The summed E-state index contributed by atoms with van der Waals surface area (Å²) in [7, 11) is 0. The number of hydrogen-bond acceptors (Lipinski definition) is 3. The fourth-order valence-electron chi connectivity index (χ4n) is 2.56. The summed E-state index contributed by atoms with van der Waals surface area (Å²) in [6.45, 7) is 1.49. The molecule has 2 amide bonds. The van der Waals surface area contributed by atoms with Crippen LogP contribution in [0.15, 0.2) is 36.4 Å². The van der Waals surface area contributed by atoms with Gasteiger partial charge in [0.15, 0.2) is 0 Å². The highest BCUT2D eigenvalue weighted by Crippen LogP contribution is 2.35. The summed E-state index contributed by atoms with van der Waals surface area (Å²) in [4.78, 5) is 26.0. The quantitative estimate of drug-likeness (QED) is 0.543. The lowest BCUT2D eigenvalue weighted by molar-refractivity contribution is -0.137. The first-order valence-corrected chi connectivity index (χ1v) is 9.77. The SMILES string of the molecule is CCN(CC(=O)Nc1ccccc1C(F)(F)F)CC(=O)Nc1c(Cl)cc(Cl)cc1Cl. The molecule has 0 unspecified atom stereocenters. The van der Waals surface area contributed by atoms with Crippen molar-refractivity contribution in [2.45, 2.75) is 13.1 Å². The van der Waals surface area contributed by atoms with Crippen molar-refractivity contribution in [2.75, 3.05) is 30.3 Å². The highest BCUT2D eigenvalue weighted by Gasteiger charge is 2.33. The van der Waals surface area contributed by atoms with Crippen LogP contribution in [0, 0.1) is 0 Å². The first-order valence-electron chi connectivity index (χ1n) is 8.64. The van der Waals surface area contributed by atoms with Crippen LogP contribution < -0.4 is 10.6 Å². The van der Waals surface area contributed by atoms with Gasteiger partial charge in [0.2, 0.25) is 11.8 Å². The van der Waals surface area contributed by atoms with Crippen molar-refractivity contribution in [1.29, 1.82) is 0 Å². The van der Waals surface area contributed by atoms with E-state index in [2.05, 4.69) is 10.6 Å².